The van der Waals surface area contributed by atoms with E-state index in [1.54, 1.807) is 40.2 Å². The first kappa shape index (κ1) is 26.2. The van der Waals surface area contributed by atoms with Gasteiger partial charge in [-0.3, -0.25) is 14.9 Å². The van der Waals surface area contributed by atoms with Crippen molar-refractivity contribution in [3.05, 3.63) is 85.2 Å². The van der Waals surface area contributed by atoms with Crippen LogP contribution in [0.25, 0.3) is 0 Å². The Morgan fingerprint density at radius 1 is 1.11 bits per heavy atom. The number of hydrogen-bond donors (Lipinski definition) is 1. The number of hydrogen-bond acceptors (Lipinski definition) is 8. The highest BCUT2D eigenvalue weighted by Crippen LogP contribution is 2.47. The predicted molar refractivity (Wildman–Crippen MR) is 137 cm³/mol. The van der Waals surface area contributed by atoms with Gasteiger partial charge in [-0.05, 0) is 55.5 Å². The molecule has 0 radical (unpaired) electrons. The molecular weight excluding hydrogens is 500 g/mol. The SMILES string of the molecule is CCOC(=O)C1=C(C)NC2=C(C(=O)C[C@H](c3ccc(OC)c(OC)c3)C2)[C@H]1c1ccc(Cl)c([N+](=O)[O-])c1. The minimum atomic E-state index is -0.829. The number of benzene rings is 2. The van der Waals surface area contributed by atoms with Crippen LogP contribution >= 0.6 is 11.6 Å². The summed E-state index contributed by atoms with van der Waals surface area (Å²) in [6, 6.07) is 9.91. The van der Waals surface area contributed by atoms with Crippen LogP contribution in [0, 0.1) is 10.1 Å². The second-order valence-electron chi connectivity index (χ2n) is 8.82. The highest BCUT2D eigenvalue weighted by atomic mass is 35.5. The number of esters is 1. The molecule has 0 fully saturated rings. The molecular formula is C27H27ClN2O7. The number of ether oxygens (including phenoxy) is 3. The largest absolute Gasteiger partial charge is 0.493 e. The summed E-state index contributed by atoms with van der Waals surface area (Å²) in [5.74, 6) is -0.565. The second-order valence-corrected chi connectivity index (χ2v) is 9.23. The summed E-state index contributed by atoms with van der Waals surface area (Å²) in [5.41, 5.74) is 2.88. The van der Waals surface area contributed by atoms with E-state index in [9.17, 15) is 19.7 Å². The van der Waals surface area contributed by atoms with E-state index in [0.717, 1.165) is 5.56 Å². The molecule has 1 aliphatic carbocycles. The number of ketones is 1. The number of carbonyl (C=O) groups excluding carboxylic acids is 2. The van der Waals surface area contributed by atoms with Crippen LogP contribution in [0.2, 0.25) is 5.02 Å². The maximum atomic E-state index is 13.7. The lowest BCUT2D eigenvalue weighted by molar-refractivity contribution is -0.384. The van der Waals surface area contributed by atoms with E-state index in [-0.39, 0.29) is 41.0 Å². The summed E-state index contributed by atoms with van der Waals surface area (Å²) in [7, 11) is 3.11. The average Bonchev–Trinajstić information content (AvgIpc) is 2.87. The van der Waals surface area contributed by atoms with E-state index in [4.69, 9.17) is 25.8 Å². The third-order valence-electron chi connectivity index (χ3n) is 6.70. The van der Waals surface area contributed by atoms with Gasteiger partial charge in [0.25, 0.3) is 5.69 Å². The molecule has 0 bridgehead atoms. The molecule has 0 aromatic heterocycles. The van der Waals surface area contributed by atoms with Crippen LogP contribution < -0.4 is 14.8 Å². The van der Waals surface area contributed by atoms with Crippen molar-refractivity contribution in [2.75, 3.05) is 20.8 Å². The molecule has 0 amide bonds. The normalized spacial score (nSPS) is 19.2. The van der Waals surface area contributed by atoms with Crippen molar-refractivity contribution in [1.29, 1.82) is 0 Å². The second kappa shape index (κ2) is 10.6. The zero-order valence-corrected chi connectivity index (χ0v) is 21.7. The number of nitrogens with one attached hydrogen (secondary N) is 1. The first-order chi connectivity index (χ1) is 17.7. The Balaban J connectivity index is 1.82. The zero-order chi connectivity index (χ0) is 26.9. The number of methoxy groups -OCH3 is 2. The fraction of sp³-hybridized carbons (Fsp3) is 0.333. The van der Waals surface area contributed by atoms with E-state index in [2.05, 4.69) is 5.32 Å². The van der Waals surface area contributed by atoms with Gasteiger partial charge >= 0.3 is 5.97 Å². The highest BCUT2D eigenvalue weighted by molar-refractivity contribution is 6.32. The summed E-state index contributed by atoms with van der Waals surface area (Å²) in [5, 5.41) is 14.8. The van der Waals surface area contributed by atoms with Crippen molar-refractivity contribution >= 4 is 29.0 Å². The fourth-order valence-electron chi connectivity index (χ4n) is 5.04. The van der Waals surface area contributed by atoms with Crippen LogP contribution in [0.1, 0.15) is 49.7 Å². The van der Waals surface area contributed by atoms with Crippen molar-refractivity contribution in [3.63, 3.8) is 0 Å². The van der Waals surface area contributed by atoms with Crippen LogP contribution in [-0.2, 0) is 14.3 Å². The number of nitro benzene ring substituents is 1. The summed E-state index contributed by atoms with van der Waals surface area (Å²) in [4.78, 5) is 37.7. The molecule has 2 aliphatic rings. The average molecular weight is 527 g/mol. The minimum absolute atomic E-state index is 0.0289. The summed E-state index contributed by atoms with van der Waals surface area (Å²) in [6.07, 6.45) is 0.688. The quantitative estimate of drug-likeness (QED) is 0.297. The Bertz CT molecular complexity index is 1350. The molecule has 0 saturated heterocycles. The maximum absolute atomic E-state index is 13.7. The molecule has 0 unspecified atom stereocenters. The van der Waals surface area contributed by atoms with Crippen LogP contribution in [0.5, 0.6) is 11.5 Å². The van der Waals surface area contributed by atoms with E-state index >= 15 is 0 Å². The molecule has 0 spiro atoms. The summed E-state index contributed by atoms with van der Waals surface area (Å²) < 4.78 is 16.1. The van der Waals surface area contributed by atoms with Gasteiger partial charge in [-0.2, -0.15) is 0 Å². The molecule has 0 saturated carbocycles. The van der Waals surface area contributed by atoms with Crippen molar-refractivity contribution in [3.8, 4) is 11.5 Å². The highest BCUT2D eigenvalue weighted by Gasteiger charge is 2.42. The smallest absolute Gasteiger partial charge is 0.336 e. The molecule has 2 aromatic carbocycles. The fourth-order valence-corrected chi connectivity index (χ4v) is 5.23. The predicted octanol–water partition coefficient (Wildman–Crippen LogP) is 5.19. The number of nitro groups is 1. The molecule has 2 aromatic rings. The lowest BCUT2D eigenvalue weighted by Crippen LogP contribution is -2.36. The number of rotatable bonds is 7. The molecule has 1 N–H and O–H groups in total. The lowest BCUT2D eigenvalue weighted by Gasteiger charge is -2.36. The van der Waals surface area contributed by atoms with Gasteiger partial charge in [0.2, 0.25) is 0 Å². The van der Waals surface area contributed by atoms with Gasteiger partial charge in [-0.15, -0.1) is 0 Å². The van der Waals surface area contributed by atoms with Gasteiger partial charge in [-0.1, -0.05) is 23.7 Å². The summed E-state index contributed by atoms with van der Waals surface area (Å²) >= 11 is 6.05. The Morgan fingerprint density at radius 2 is 1.81 bits per heavy atom. The van der Waals surface area contributed by atoms with E-state index in [1.165, 1.54) is 12.1 Å². The third-order valence-corrected chi connectivity index (χ3v) is 7.02. The zero-order valence-electron chi connectivity index (χ0n) is 20.9. The standard InChI is InChI=1S/C27H27ClN2O7/c1-5-37-27(32)24-14(2)29-19-10-17(15-7-9-22(35-3)23(13-15)36-4)12-21(31)26(19)25(24)16-6-8-18(28)20(11-16)30(33)34/h6-9,11,13,17,25,29H,5,10,12H2,1-4H3/t17-,25+/m1/s1. The molecule has 4 rings (SSSR count). The number of halogens is 1. The van der Waals surface area contributed by atoms with E-state index in [1.807, 2.05) is 12.1 Å². The minimum Gasteiger partial charge on any atom is -0.493 e. The van der Waals surface area contributed by atoms with Crippen LogP contribution in [0.4, 0.5) is 5.69 Å². The maximum Gasteiger partial charge on any atom is 0.336 e. The van der Waals surface area contributed by atoms with Gasteiger partial charge in [0, 0.05) is 35.4 Å². The van der Waals surface area contributed by atoms with Gasteiger partial charge in [0.15, 0.2) is 17.3 Å². The number of nitrogens with zero attached hydrogens (tertiary/aromatic N) is 1. The molecule has 10 heteroatoms. The van der Waals surface area contributed by atoms with E-state index in [0.29, 0.717) is 40.5 Å². The first-order valence-corrected chi connectivity index (χ1v) is 12.1. The van der Waals surface area contributed by atoms with Crippen LogP contribution in [0.3, 0.4) is 0 Å². The topological polar surface area (TPSA) is 117 Å². The van der Waals surface area contributed by atoms with Crippen molar-refractivity contribution in [2.45, 2.75) is 38.5 Å². The number of allylic oxidation sites excluding steroid dienone is 3. The van der Waals surface area contributed by atoms with Crippen molar-refractivity contribution < 1.29 is 28.7 Å². The molecule has 1 heterocycles. The summed E-state index contributed by atoms with van der Waals surface area (Å²) in [6.45, 7) is 3.57. The van der Waals surface area contributed by atoms with E-state index < -0.39 is 16.8 Å². The van der Waals surface area contributed by atoms with Gasteiger partial charge in [0.05, 0.1) is 31.3 Å². The first-order valence-electron chi connectivity index (χ1n) is 11.8. The third kappa shape index (κ3) is 4.91. The molecule has 37 heavy (non-hydrogen) atoms. The number of dihydropyridines is 1. The Labute approximate surface area is 219 Å². The van der Waals surface area contributed by atoms with Crippen LogP contribution in [0.15, 0.2) is 58.9 Å². The number of Topliss-reactive ketones (excluding diaryl/α,β-unsaturated/α-hetero) is 1. The Kier molecular flexibility index (Phi) is 7.54. The number of carbonyl (C=O) groups is 2. The molecule has 9 nitrogen and oxygen atoms in total. The van der Waals surface area contributed by atoms with Crippen molar-refractivity contribution in [1.82, 2.24) is 5.32 Å². The van der Waals surface area contributed by atoms with Crippen LogP contribution in [-0.4, -0.2) is 37.5 Å². The lowest BCUT2D eigenvalue weighted by atomic mass is 9.71. The monoisotopic (exact) mass is 526 g/mol. The van der Waals surface area contributed by atoms with Gasteiger partial charge < -0.3 is 19.5 Å². The molecule has 1 aliphatic heterocycles. The molecule has 194 valence electrons. The Hall–Kier alpha value is -3.85. The van der Waals surface area contributed by atoms with Crippen molar-refractivity contribution in [2.24, 2.45) is 0 Å². The Morgan fingerprint density at radius 3 is 2.46 bits per heavy atom. The van der Waals surface area contributed by atoms with Gasteiger partial charge in [-0.25, -0.2) is 4.79 Å². The molecule has 2 atom stereocenters. The van der Waals surface area contributed by atoms with Gasteiger partial charge in [0.1, 0.15) is 5.02 Å².